The first-order valence-corrected chi connectivity index (χ1v) is 5.82. The topological polar surface area (TPSA) is 55.1 Å². The summed E-state index contributed by atoms with van der Waals surface area (Å²) in [6.45, 7) is 0.581. The quantitative estimate of drug-likeness (QED) is 0.943. The van der Waals surface area contributed by atoms with Crippen LogP contribution in [0.3, 0.4) is 0 Å². The molecular formula is C9H7BrN2O2S. The summed E-state index contributed by atoms with van der Waals surface area (Å²) in [5, 5.41) is 14.6. The number of aromatic carboxylic acids is 1. The highest BCUT2D eigenvalue weighted by Crippen LogP contribution is 2.23. The van der Waals surface area contributed by atoms with Gasteiger partial charge in [-0.2, -0.15) is 5.10 Å². The summed E-state index contributed by atoms with van der Waals surface area (Å²) in [5.41, 5.74) is 1.17. The number of rotatable bonds is 3. The number of halogens is 1. The Bertz CT molecular complexity index is 492. The van der Waals surface area contributed by atoms with Crippen LogP contribution in [0.2, 0.25) is 0 Å². The van der Waals surface area contributed by atoms with Gasteiger partial charge in [0.2, 0.25) is 0 Å². The molecule has 15 heavy (non-hydrogen) atoms. The minimum Gasteiger partial charge on any atom is -0.476 e. The number of carboxylic acid groups (broad SMARTS) is 1. The maximum Gasteiger partial charge on any atom is 0.356 e. The summed E-state index contributed by atoms with van der Waals surface area (Å²) in [7, 11) is 0. The van der Waals surface area contributed by atoms with Crippen LogP contribution in [0.4, 0.5) is 0 Å². The van der Waals surface area contributed by atoms with Crippen molar-refractivity contribution in [1.82, 2.24) is 9.78 Å². The molecule has 0 bridgehead atoms. The van der Waals surface area contributed by atoms with Gasteiger partial charge < -0.3 is 5.11 Å². The number of hydrogen-bond donors (Lipinski definition) is 1. The highest BCUT2D eigenvalue weighted by atomic mass is 79.9. The Kier molecular flexibility index (Phi) is 2.88. The minimum atomic E-state index is -1.00. The van der Waals surface area contributed by atoms with E-state index >= 15 is 0 Å². The molecule has 0 aliphatic heterocycles. The van der Waals surface area contributed by atoms with Crippen LogP contribution in [-0.4, -0.2) is 20.9 Å². The van der Waals surface area contributed by atoms with E-state index in [0.29, 0.717) is 6.54 Å². The Morgan fingerprint density at radius 2 is 2.40 bits per heavy atom. The first-order valence-electron chi connectivity index (χ1n) is 4.15. The van der Waals surface area contributed by atoms with Gasteiger partial charge in [0.05, 0.1) is 10.3 Å². The molecule has 2 aromatic heterocycles. The third-order valence-corrected chi connectivity index (χ3v) is 3.70. The van der Waals surface area contributed by atoms with Crippen LogP contribution in [0, 0.1) is 0 Å². The van der Waals surface area contributed by atoms with Crippen LogP contribution >= 0.6 is 27.3 Å². The van der Waals surface area contributed by atoms with Gasteiger partial charge >= 0.3 is 5.97 Å². The predicted octanol–water partition coefficient (Wildman–Crippen LogP) is 2.45. The molecule has 0 spiro atoms. The van der Waals surface area contributed by atoms with Gasteiger partial charge in [-0.3, -0.25) is 4.68 Å². The molecule has 0 unspecified atom stereocenters. The molecule has 0 fully saturated rings. The zero-order chi connectivity index (χ0) is 10.8. The maximum atomic E-state index is 10.6. The lowest BCUT2D eigenvalue weighted by atomic mass is 10.3. The zero-order valence-corrected chi connectivity index (χ0v) is 9.96. The first kappa shape index (κ1) is 10.4. The largest absolute Gasteiger partial charge is 0.476 e. The highest BCUT2D eigenvalue weighted by molar-refractivity contribution is 9.11. The molecule has 0 amide bonds. The molecule has 6 heteroatoms. The molecule has 1 N–H and O–H groups in total. The van der Waals surface area contributed by atoms with Crippen LogP contribution in [0.1, 0.15) is 16.1 Å². The molecule has 0 saturated heterocycles. The fourth-order valence-corrected chi connectivity index (χ4v) is 2.39. The normalized spacial score (nSPS) is 10.5. The Balaban J connectivity index is 2.18. The highest BCUT2D eigenvalue weighted by Gasteiger charge is 2.08. The smallest absolute Gasteiger partial charge is 0.356 e. The molecular weight excluding hydrogens is 280 g/mol. The summed E-state index contributed by atoms with van der Waals surface area (Å²) in [6, 6.07) is 3.47. The van der Waals surface area contributed by atoms with Crippen molar-refractivity contribution in [2.45, 2.75) is 6.54 Å². The van der Waals surface area contributed by atoms with Crippen LogP contribution < -0.4 is 0 Å². The van der Waals surface area contributed by atoms with Crippen molar-refractivity contribution >= 4 is 33.2 Å². The van der Waals surface area contributed by atoms with Gasteiger partial charge in [-0.1, -0.05) is 0 Å². The van der Waals surface area contributed by atoms with E-state index in [-0.39, 0.29) is 5.69 Å². The lowest BCUT2D eigenvalue weighted by Crippen LogP contribution is -2.03. The number of nitrogens with zero attached hydrogens (tertiary/aromatic N) is 2. The second kappa shape index (κ2) is 4.16. The summed E-state index contributed by atoms with van der Waals surface area (Å²) < 4.78 is 2.66. The van der Waals surface area contributed by atoms with Crippen molar-refractivity contribution in [2.24, 2.45) is 0 Å². The molecule has 2 heterocycles. The van der Waals surface area contributed by atoms with Crippen molar-refractivity contribution < 1.29 is 9.90 Å². The average molecular weight is 287 g/mol. The number of aromatic nitrogens is 2. The summed E-state index contributed by atoms with van der Waals surface area (Å²) >= 11 is 5.02. The average Bonchev–Trinajstić information content (AvgIpc) is 2.77. The summed E-state index contributed by atoms with van der Waals surface area (Å²) in [6.07, 6.45) is 1.66. The first-order chi connectivity index (χ1) is 7.16. The number of carboxylic acids is 1. The standard InChI is InChI=1S/C9H7BrN2O2S/c10-8-6(2-4-15-8)5-12-3-1-7(11-12)9(13)14/h1-4H,5H2,(H,13,14). The van der Waals surface area contributed by atoms with E-state index in [1.165, 1.54) is 6.07 Å². The van der Waals surface area contributed by atoms with Gasteiger partial charge in [0, 0.05) is 6.20 Å². The zero-order valence-electron chi connectivity index (χ0n) is 7.55. The molecule has 0 atom stereocenters. The van der Waals surface area contributed by atoms with Crippen LogP contribution in [0.5, 0.6) is 0 Å². The Hall–Kier alpha value is -1.14. The Morgan fingerprint density at radius 3 is 2.93 bits per heavy atom. The number of thiophene rings is 1. The molecule has 2 aromatic rings. The van der Waals surface area contributed by atoms with Crippen molar-refractivity contribution in [3.8, 4) is 0 Å². The van der Waals surface area contributed by atoms with E-state index in [1.807, 2.05) is 11.4 Å². The van der Waals surface area contributed by atoms with E-state index in [1.54, 1.807) is 22.2 Å². The molecule has 0 aliphatic rings. The van der Waals surface area contributed by atoms with Gasteiger partial charge in [-0.25, -0.2) is 4.79 Å². The van der Waals surface area contributed by atoms with Gasteiger partial charge in [-0.05, 0) is 39.0 Å². The fraction of sp³-hybridized carbons (Fsp3) is 0.111. The Labute approximate surface area is 98.3 Å². The van der Waals surface area contributed by atoms with E-state index in [2.05, 4.69) is 21.0 Å². The summed E-state index contributed by atoms with van der Waals surface area (Å²) in [4.78, 5) is 10.6. The van der Waals surface area contributed by atoms with Crippen molar-refractivity contribution in [1.29, 1.82) is 0 Å². The molecule has 2 rings (SSSR count). The Morgan fingerprint density at radius 1 is 1.60 bits per heavy atom. The number of carbonyl (C=O) groups is 1. The molecule has 0 aromatic carbocycles. The van der Waals surface area contributed by atoms with Crippen molar-refractivity contribution in [3.05, 3.63) is 38.8 Å². The van der Waals surface area contributed by atoms with Gasteiger partial charge in [-0.15, -0.1) is 11.3 Å². The van der Waals surface area contributed by atoms with E-state index in [4.69, 9.17) is 5.11 Å². The van der Waals surface area contributed by atoms with Crippen LogP contribution in [0.25, 0.3) is 0 Å². The molecule has 4 nitrogen and oxygen atoms in total. The third kappa shape index (κ3) is 2.27. The maximum absolute atomic E-state index is 10.6. The predicted molar refractivity (Wildman–Crippen MR) is 60.3 cm³/mol. The van der Waals surface area contributed by atoms with Crippen molar-refractivity contribution in [3.63, 3.8) is 0 Å². The molecule has 78 valence electrons. The van der Waals surface area contributed by atoms with Gasteiger partial charge in [0.1, 0.15) is 0 Å². The van der Waals surface area contributed by atoms with Crippen LogP contribution in [-0.2, 0) is 6.54 Å². The van der Waals surface area contributed by atoms with Gasteiger partial charge in [0.15, 0.2) is 5.69 Å². The summed E-state index contributed by atoms with van der Waals surface area (Å²) in [5.74, 6) is -1.00. The molecule has 0 radical (unpaired) electrons. The number of hydrogen-bond acceptors (Lipinski definition) is 3. The van der Waals surface area contributed by atoms with Gasteiger partial charge in [0.25, 0.3) is 0 Å². The molecule has 0 saturated carbocycles. The van der Waals surface area contributed by atoms with E-state index < -0.39 is 5.97 Å². The third-order valence-electron chi connectivity index (χ3n) is 1.89. The lowest BCUT2D eigenvalue weighted by molar-refractivity contribution is 0.0689. The van der Waals surface area contributed by atoms with E-state index in [0.717, 1.165) is 9.35 Å². The SMILES string of the molecule is O=C(O)c1ccn(Cc2ccsc2Br)n1. The second-order valence-corrected chi connectivity index (χ2v) is 5.16. The van der Waals surface area contributed by atoms with Crippen molar-refractivity contribution in [2.75, 3.05) is 0 Å². The minimum absolute atomic E-state index is 0.0707. The molecule has 0 aliphatic carbocycles. The van der Waals surface area contributed by atoms with E-state index in [9.17, 15) is 4.79 Å². The monoisotopic (exact) mass is 286 g/mol. The lowest BCUT2D eigenvalue weighted by Gasteiger charge is -1.98. The fourth-order valence-electron chi connectivity index (χ4n) is 1.17. The van der Waals surface area contributed by atoms with Crippen LogP contribution in [0.15, 0.2) is 27.5 Å². The second-order valence-electron chi connectivity index (χ2n) is 2.92.